The third-order valence-electron chi connectivity index (χ3n) is 4.54. The van der Waals surface area contributed by atoms with Gasteiger partial charge < -0.3 is 15.4 Å². The van der Waals surface area contributed by atoms with Gasteiger partial charge in [-0.1, -0.05) is 44.2 Å². The Labute approximate surface area is 177 Å². The number of methoxy groups -OCH3 is 1. The summed E-state index contributed by atoms with van der Waals surface area (Å²) < 4.78 is 4.60. The second-order valence-electron chi connectivity index (χ2n) is 7.17. The molecule has 1 aromatic heterocycles. The van der Waals surface area contributed by atoms with Gasteiger partial charge in [0.15, 0.2) is 10.8 Å². The SMILES string of the molecule is COC(=O)c1csc(NC(=O)[C@H](CC(C)C)N2C(=O)N[C@H](c3ccccc3)C2=O)n1. The van der Waals surface area contributed by atoms with Gasteiger partial charge in [-0.05, 0) is 17.9 Å². The van der Waals surface area contributed by atoms with Crippen LogP contribution >= 0.6 is 11.3 Å². The number of carbonyl (C=O) groups is 4. The van der Waals surface area contributed by atoms with E-state index in [4.69, 9.17) is 0 Å². The highest BCUT2D eigenvalue weighted by Crippen LogP contribution is 2.27. The molecule has 4 amide bonds. The summed E-state index contributed by atoms with van der Waals surface area (Å²) in [5.41, 5.74) is 0.710. The highest BCUT2D eigenvalue weighted by molar-refractivity contribution is 7.14. The van der Waals surface area contributed by atoms with Crippen molar-refractivity contribution in [2.24, 2.45) is 5.92 Å². The molecule has 2 atom stereocenters. The molecule has 0 bridgehead atoms. The number of hydrogen-bond acceptors (Lipinski definition) is 7. The number of carbonyl (C=O) groups excluding carboxylic acids is 4. The Kier molecular flexibility index (Phi) is 6.46. The van der Waals surface area contributed by atoms with E-state index in [-0.39, 0.29) is 23.2 Å². The van der Waals surface area contributed by atoms with E-state index < -0.39 is 35.9 Å². The molecule has 0 aliphatic carbocycles. The largest absolute Gasteiger partial charge is 0.464 e. The molecule has 2 N–H and O–H groups in total. The van der Waals surface area contributed by atoms with Crippen LogP contribution in [0.1, 0.15) is 42.4 Å². The molecule has 0 saturated carbocycles. The van der Waals surface area contributed by atoms with E-state index in [1.807, 2.05) is 19.9 Å². The highest BCUT2D eigenvalue weighted by atomic mass is 32.1. The van der Waals surface area contributed by atoms with E-state index >= 15 is 0 Å². The molecule has 1 aromatic carbocycles. The summed E-state index contributed by atoms with van der Waals surface area (Å²) in [5, 5.41) is 6.90. The summed E-state index contributed by atoms with van der Waals surface area (Å²) in [7, 11) is 1.24. The Morgan fingerprint density at radius 1 is 1.27 bits per heavy atom. The lowest BCUT2D eigenvalue weighted by Gasteiger charge is -2.25. The van der Waals surface area contributed by atoms with E-state index in [0.29, 0.717) is 5.56 Å². The normalized spacial score (nSPS) is 17.1. The maximum atomic E-state index is 13.0. The minimum Gasteiger partial charge on any atom is -0.464 e. The summed E-state index contributed by atoms with van der Waals surface area (Å²) in [6, 6.07) is 6.37. The van der Waals surface area contributed by atoms with Crippen LogP contribution in [0, 0.1) is 5.92 Å². The first kappa shape index (κ1) is 21.4. The Balaban J connectivity index is 1.82. The number of aromatic nitrogens is 1. The lowest BCUT2D eigenvalue weighted by Crippen LogP contribution is -2.48. The predicted molar refractivity (Wildman–Crippen MR) is 110 cm³/mol. The average Bonchev–Trinajstić information content (AvgIpc) is 3.30. The van der Waals surface area contributed by atoms with E-state index in [2.05, 4.69) is 20.4 Å². The molecule has 3 rings (SSSR count). The number of rotatable bonds is 7. The lowest BCUT2D eigenvalue weighted by atomic mass is 10.0. The summed E-state index contributed by atoms with van der Waals surface area (Å²) in [4.78, 5) is 55.2. The van der Waals surface area contributed by atoms with Gasteiger partial charge in [-0.3, -0.25) is 9.59 Å². The first-order chi connectivity index (χ1) is 14.3. The fourth-order valence-corrected chi connectivity index (χ4v) is 3.84. The number of imide groups is 1. The van der Waals surface area contributed by atoms with Gasteiger partial charge >= 0.3 is 12.0 Å². The van der Waals surface area contributed by atoms with Crippen LogP contribution in [0.4, 0.5) is 9.93 Å². The Hall–Kier alpha value is -3.27. The fourth-order valence-electron chi connectivity index (χ4n) is 3.15. The number of nitrogens with one attached hydrogen (secondary N) is 2. The van der Waals surface area contributed by atoms with Crippen LogP contribution in [-0.4, -0.2) is 46.9 Å². The number of amides is 4. The molecule has 2 heterocycles. The number of hydrogen-bond donors (Lipinski definition) is 2. The van der Waals surface area contributed by atoms with Crippen molar-refractivity contribution in [2.75, 3.05) is 12.4 Å². The minimum atomic E-state index is -1.02. The van der Waals surface area contributed by atoms with Crippen LogP contribution in [-0.2, 0) is 14.3 Å². The smallest absolute Gasteiger partial charge is 0.357 e. The zero-order valence-corrected chi connectivity index (χ0v) is 17.6. The summed E-state index contributed by atoms with van der Waals surface area (Å²) in [6.07, 6.45) is 0.280. The second-order valence-corrected chi connectivity index (χ2v) is 8.02. The van der Waals surface area contributed by atoms with Crippen LogP contribution < -0.4 is 10.6 Å². The number of thiazole rings is 1. The molecule has 1 aliphatic rings. The van der Waals surface area contributed by atoms with E-state index in [0.717, 1.165) is 16.2 Å². The summed E-state index contributed by atoms with van der Waals surface area (Å²) >= 11 is 1.05. The van der Waals surface area contributed by atoms with Crippen molar-refractivity contribution in [3.63, 3.8) is 0 Å². The van der Waals surface area contributed by atoms with Gasteiger partial charge in [0.05, 0.1) is 7.11 Å². The third-order valence-corrected chi connectivity index (χ3v) is 5.30. The van der Waals surface area contributed by atoms with Gasteiger partial charge in [0, 0.05) is 5.38 Å². The van der Waals surface area contributed by atoms with Crippen LogP contribution in [0.15, 0.2) is 35.7 Å². The highest BCUT2D eigenvalue weighted by Gasteiger charge is 2.45. The maximum Gasteiger partial charge on any atom is 0.357 e. The Morgan fingerprint density at radius 2 is 1.97 bits per heavy atom. The number of esters is 1. The number of nitrogens with zero attached hydrogens (tertiary/aromatic N) is 2. The van der Waals surface area contributed by atoms with Crippen molar-refractivity contribution in [3.05, 3.63) is 47.0 Å². The van der Waals surface area contributed by atoms with Crippen molar-refractivity contribution in [3.8, 4) is 0 Å². The van der Waals surface area contributed by atoms with E-state index in [1.54, 1.807) is 24.3 Å². The zero-order valence-electron chi connectivity index (χ0n) is 16.7. The standard InChI is InChI=1S/C20H22N4O5S/c1-11(2)9-14(16(25)23-19-21-13(10-30-19)18(27)29-3)24-17(26)15(22-20(24)28)12-7-5-4-6-8-12/h4-8,10-11,14-15H,9H2,1-3H3,(H,22,28)(H,21,23,25)/t14-,15+/m0/s1. The molecule has 30 heavy (non-hydrogen) atoms. The molecular weight excluding hydrogens is 408 g/mol. The molecule has 2 aromatic rings. The van der Waals surface area contributed by atoms with Crippen LogP contribution in [0.3, 0.4) is 0 Å². The maximum absolute atomic E-state index is 13.0. The second kappa shape index (κ2) is 9.04. The molecule has 1 saturated heterocycles. The quantitative estimate of drug-likeness (QED) is 0.515. The van der Waals surface area contributed by atoms with Crippen molar-refractivity contribution in [1.29, 1.82) is 0 Å². The molecule has 1 fully saturated rings. The molecule has 158 valence electrons. The van der Waals surface area contributed by atoms with Crippen LogP contribution in [0.5, 0.6) is 0 Å². The zero-order chi connectivity index (χ0) is 21.8. The van der Waals surface area contributed by atoms with Gasteiger partial charge in [0.2, 0.25) is 5.91 Å². The van der Waals surface area contributed by atoms with Crippen LogP contribution in [0.2, 0.25) is 0 Å². The number of ether oxygens (including phenoxy) is 1. The number of anilines is 1. The van der Waals surface area contributed by atoms with Crippen molar-refractivity contribution in [1.82, 2.24) is 15.2 Å². The van der Waals surface area contributed by atoms with Crippen molar-refractivity contribution in [2.45, 2.75) is 32.4 Å². The van der Waals surface area contributed by atoms with Gasteiger partial charge in [0.25, 0.3) is 5.91 Å². The third kappa shape index (κ3) is 4.48. The Morgan fingerprint density at radius 3 is 2.60 bits per heavy atom. The predicted octanol–water partition coefficient (Wildman–Crippen LogP) is 2.58. The Bertz CT molecular complexity index is 959. The first-order valence-electron chi connectivity index (χ1n) is 9.35. The van der Waals surface area contributed by atoms with Crippen LogP contribution in [0.25, 0.3) is 0 Å². The summed E-state index contributed by atoms with van der Waals surface area (Å²) in [6.45, 7) is 3.79. The minimum absolute atomic E-state index is 0.0408. The van der Waals surface area contributed by atoms with Crippen molar-refractivity contribution < 1.29 is 23.9 Å². The van der Waals surface area contributed by atoms with E-state index in [1.165, 1.54) is 12.5 Å². The molecular formula is C20H22N4O5S. The molecule has 10 heteroatoms. The fraction of sp³-hybridized carbons (Fsp3) is 0.350. The molecule has 0 spiro atoms. The first-order valence-corrected chi connectivity index (χ1v) is 10.2. The van der Waals surface area contributed by atoms with E-state index in [9.17, 15) is 19.2 Å². The van der Waals surface area contributed by atoms with Gasteiger partial charge in [0.1, 0.15) is 12.1 Å². The topological polar surface area (TPSA) is 118 Å². The van der Waals surface area contributed by atoms with Crippen molar-refractivity contribution >= 4 is 40.3 Å². The molecule has 0 radical (unpaired) electrons. The molecule has 1 aliphatic heterocycles. The molecule has 9 nitrogen and oxygen atoms in total. The average molecular weight is 430 g/mol. The number of benzene rings is 1. The lowest BCUT2D eigenvalue weighted by molar-refractivity contribution is -0.134. The number of urea groups is 1. The van der Waals surface area contributed by atoms with Gasteiger partial charge in [-0.2, -0.15) is 0 Å². The van der Waals surface area contributed by atoms with Gasteiger partial charge in [-0.25, -0.2) is 19.5 Å². The monoisotopic (exact) mass is 430 g/mol. The molecule has 0 unspecified atom stereocenters. The van der Waals surface area contributed by atoms with Gasteiger partial charge in [-0.15, -0.1) is 11.3 Å². The summed E-state index contributed by atoms with van der Waals surface area (Å²) in [5.74, 6) is -1.61.